The number of aliphatic hydroxyl groups excluding tert-OH is 2. The van der Waals surface area contributed by atoms with E-state index in [1.807, 2.05) is 0 Å². The summed E-state index contributed by atoms with van der Waals surface area (Å²) >= 11 is 0. The molecule has 35 heteroatoms. The molecule has 96 heavy (non-hydrogen) atoms. The zero-order valence-electron chi connectivity index (χ0n) is 58.5. The smallest absolute Gasteiger partial charge is 0.187 e. The largest absolute Gasteiger partial charge is 0.394 e. The molecule has 0 radical (unpaired) electrons. The van der Waals surface area contributed by atoms with Crippen LogP contribution in [0.2, 0.25) is 0 Å². The second kappa shape index (κ2) is 38.9. The van der Waals surface area contributed by atoms with Gasteiger partial charge in [0.05, 0.1) is 46.2 Å². The lowest BCUT2D eigenvalue weighted by Crippen LogP contribution is -2.69. The van der Waals surface area contributed by atoms with Crippen LogP contribution in [0.4, 0.5) is 0 Å². The van der Waals surface area contributed by atoms with E-state index in [1.54, 1.807) is 0 Å². The Morgan fingerprint density at radius 2 is 0.302 bits per heavy atom. The minimum absolute atomic E-state index is 0.0592. The van der Waals surface area contributed by atoms with Crippen molar-refractivity contribution >= 4 is 0 Å². The Kier molecular flexibility index (Phi) is 32.6. The van der Waals surface area contributed by atoms with Crippen molar-refractivity contribution in [2.75, 3.05) is 181 Å². The van der Waals surface area contributed by atoms with Gasteiger partial charge in [0.15, 0.2) is 44.0 Å². The van der Waals surface area contributed by atoms with Crippen LogP contribution in [0.1, 0.15) is 0 Å². The SMILES string of the molecule is COC[C@@H]1O[C@@H]2O[C@H]3[C@H](OC)[C@@H](OC)[C@@H](O[C@H]4[C@@H](OC)[C@H](OC)[C@@H](O[C@H]5[C@H](OC)[C@H](OC)[C@@H](O[C@H]6[C@H](OC)[C@@H](OC)[C@@H](O[C@H]7[C@H](OC)[C@@H](OC)[C@@H](O[C@H]8[C@H](OC)[C@@H](OC)[C@@H](O[C@H]1[C@H](OC)[C@H]2OC)O[C@H]8CO)O[C@H]7COC)O[C@@H]6COC)O[C@@H]5CO)O[C@@H]4COC)O[C@H]3COC. The number of ether oxygens (including phenoxy) is 33. The molecular formula is C61H108O35. The minimum Gasteiger partial charge on any atom is -0.394 e. The summed E-state index contributed by atoms with van der Waals surface area (Å²) in [6, 6.07) is 0. The van der Waals surface area contributed by atoms with E-state index in [4.69, 9.17) is 156 Å². The second-order valence-electron chi connectivity index (χ2n) is 24.0. The van der Waals surface area contributed by atoms with E-state index in [2.05, 4.69) is 0 Å². The van der Waals surface area contributed by atoms with Gasteiger partial charge in [-0.3, -0.25) is 0 Å². The van der Waals surface area contributed by atoms with Crippen molar-refractivity contribution in [2.45, 2.75) is 215 Å². The third kappa shape index (κ3) is 17.0. The standard InChI is InChI=1S/C61H108O35/c1-64-22-29-36-43(71-8)52(80-17)59(87-29)94-38-31(24-66-3)85-57(50(78-15)45(38)73-10)90-34-27(20-62)84-56(49(77-14)41(34)69-6)93-37-30(23-65-2)88-60(53(81-18)44(37)72-9)96-40-33(26-68-5)89-61(54(82-19)47(40)75-12)95-39-32(25-67-4)86-58(51(79-16)46(39)74-11)91-35-28(21-63)83-55(92-36)48(76-13)42(35)70-7/h27-63H,20-26H2,1-19H3/t27-,28+,29+,30-,31-,32+,33-,34+,35+,36+,37+,38+,39+,40+,41-,42-,43-,44-,45-,46+,47-,48-,49+,50+,51-,52+,53+,54+,55+,56+,57+,58+,59+,60+,61+/m0/s1. The first-order chi connectivity index (χ1) is 46.7. The van der Waals surface area contributed by atoms with Gasteiger partial charge in [0.25, 0.3) is 0 Å². The fourth-order valence-electron chi connectivity index (χ4n) is 14.5. The van der Waals surface area contributed by atoms with Crippen molar-refractivity contribution in [3.8, 4) is 0 Å². The van der Waals surface area contributed by atoms with E-state index >= 15 is 0 Å². The van der Waals surface area contributed by atoms with Gasteiger partial charge in [-0.1, -0.05) is 0 Å². The molecule has 35 nitrogen and oxygen atoms in total. The summed E-state index contributed by atoms with van der Waals surface area (Å²) in [5.41, 5.74) is 0. The number of hydrogen-bond donors (Lipinski definition) is 2. The van der Waals surface area contributed by atoms with Crippen LogP contribution in [0.15, 0.2) is 0 Å². The number of rotatable bonds is 26. The summed E-state index contributed by atoms with van der Waals surface area (Å²) in [4.78, 5) is 0. The Morgan fingerprint density at radius 1 is 0.177 bits per heavy atom. The van der Waals surface area contributed by atoms with Gasteiger partial charge in [-0.25, -0.2) is 0 Å². The van der Waals surface area contributed by atoms with Gasteiger partial charge in [0.2, 0.25) is 0 Å². The predicted molar refractivity (Wildman–Crippen MR) is 319 cm³/mol. The van der Waals surface area contributed by atoms with E-state index in [1.165, 1.54) is 135 Å². The van der Waals surface area contributed by atoms with Crippen LogP contribution in [0, 0.1) is 0 Å². The maximum absolute atomic E-state index is 11.3. The molecule has 21 aliphatic rings. The molecule has 0 aromatic rings. The van der Waals surface area contributed by atoms with E-state index in [9.17, 15) is 10.2 Å². The monoisotopic (exact) mass is 1400 g/mol. The van der Waals surface area contributed by atoms with E-state index < -0.39 is 228 Å². The molecule has 21 aliphatic heterocycles. The van der Waals surface area contributed by atoms with Crippen molar-refractivity contribution in [3.63, 3.8) is 0 Å². The van der Waals surface area contributed by atoms with Crippen molar-refractivity contribution < 1.29 is 167 Å². The Morgan fingerprint density at radius 3 is 0.417 bits per heavy atom. The van der Waals surface area contributed by atoms with Crippen molar-refractivity contribution in [1.29, 1.82) is 0 Å². The van der Waals surface area contributed by atoms with Crippen LogP contribution in [-0.2, 0) is 156 Å². The van der Waals surface area contributed by atoms with Crippen molar-refractivity contribution in [3.05, 3.63) is 0 Å². The van der Waals surface area contributed by atoms with Gasteiger partial charge < -0.3 is 167 Å². The summed E-state index contributed by atoms with van der Waals surface area (Å²) in [5, 5.41) is 22.6. The summed E-state index contributed by atoms with van der Waals surface area (Å²) in [5.74, 6) is 0. The Labute approximate surface area is 561 Å². The molecule has 0 aromatic carbocycles. The first-order valence-corrected chi connectivity index (χ1v) is 31.9. The summed E-state index contributed by atoms with van der Waals surface area (Å²) in [7, 11) is 28.0. The van der Waals surface area contributed by atoms with Crippen LogP contribution in [0.5, 0.6) is 0 Å². The summed E-state index contributed by atoms with van der Waals surface area (Å²) in [6.45, 7) is -1.57. The molecule has 14 bridgehead atoms. The molecule has 21 saturated heterocycles. The molecule has 0 spiro atoms. The number of aliphatic hydroxyl groups is 2. The van der Waals surface area contributed by atoms with E-state index in [0.29, 0.717) is 0 Å². The summed E-state index contributed by atoms with van der Waals surface area (Å²) in [6.07, 6.45) is -38.1. The fraction of sp³-hybridized carbons (Fsp3) is 1.00. The fourth-order valence-corrected chi connectivity index (χ4v) is 14.5. The van der Waals surface area contributed by atoms with Crippen LogP contribution in [0.25, 0.3) is 0 Å². The zero-order valence-corrected chi connectivity index (χ0v) is 58.5. The van der Waals surface area contributed by atoms with Gasteiger partial charge in [0.1, 0.15) is 171 Å². The van der Waals surface area contributed by atoms with Crippen LogP contribution < -0.4 is 0 Å². The Balaban J connectivity index is 1.22. The molecule has 21 rings (SSSR count). The lowest BCUT2D eigenvalue weighted by atomic mass is 9.94. The quantitative estimate of drug-likeness (QED) is 0.0883. The van der Waals surface area contributed by atoms with Crippen LogP contribution in [0.3, 0.4) is 0 Å². The highest BCUT2D eigenvalue weighted by atomic mass is 16.8. The van der Waals surface area contributed by atoms with Gasteiger partial charge in [-0.05, 0) is 0 Å². The molecular weight excluding hydrogens is 1290 g/mol. The topological polar surface area (TPSA) is 345 Å². The zero-order chi connectivity index (χ0) is 69.5. The molecule has 0 saturated carbocycles. The van der Waals surface area contributed by atoms with Gasteiger partial charge in [-0.2, -0.15) is 0 Å². The highest BCUT2D eigenvalue weighted by Crippen LogP contribution is 2.43. The average Bonchev–Trinajstić information content (AvgIpc) is 0.773. The molecule has 0 aromatic heterocycles. The lowest BCUT2D eigenvalue weighted by molar-refractivity contribution is -0.402. The maximum atomic E-state index is 11.3. The Hall–Kier alpha value is -1.40. The molecule has 21 heterocycles. The molecule has 562 valence electrons. The molecule has 0 amide bonds. The lowest BCUT2D eigenvalue weighted by Gasteiger charge is -2.52. The number of methoxy groups -OCH3 is 19. The van der Waals surface area contributed by atoms with Gasteiger partial charge in [-0.15, -0.1) is 0 Å². The van der Waals surface area contributed by atoms with Crippen LogP contribution in [-0.4, -0.2) is 406 Å². The van der Waals surface area contributed by atoms with E-state index in [0.717, 1.165) is 0 Å². The van der Waals surface area contributed by atoms with Crippen molar-refractivity contribution in [1.82, 2.24) is 0 Å². The highest BCUT2D eigenvalue weighted by molar-refractivity contribution is 5.04. The molecule has 35 atom stereocenters. The average molecular weight is 1400 g/mol. The third-order valence-corrected chi connectivity index (χ3v) is 19.0. The van der Waals surface area contributed by atoms with Crippen molar-refractivity contribution in [2.24, 2.45) is 0 Å². The minimum atomic E-state index is -1.31. The predicted octanol–water partition coefficient (Wildman–Crippen LogP) is -2.80. The molecule has 0 unspecified atom stereocenters. The van der Waals surface area contributed by atoms with Crippen LogP contribution >= 0.6 is 0 Å². The molecule has 2 N–H and O–H groups in total. The normalized spacial score (nSPS) is 46.8. The van der Waals surface area contributed by atoms with Gasteiger partial charge >= 0.3 is 0 Å². The molecule has 21 fully saturated rings. The van der Waals surface area contributed by atoms with E-state index in [-0.39, 0.29) is 33.0 Å². The number of hydrogen-bond acceptors (Lipinski definition) is 35. The first-order valence-electron chi connectivity index (χ1n) is 31.9. The maximum Gasteiger partial charge on any atom is 0.187 e. The highest BCUT2D eigenvalue weighted by Gasteiger charge is 2.62. The first kappa shape index (κ1) is 80.3. The third-order valence-electron chi connectivity index (χ3n) is 19.0. The summed E-state index contributed by atoms with van der Waals surface area (Å²) < 4.78 is 212. The second-order valence-corrected chi connectivity index (χ2v) is 24.0. The molecule has 0 aliphatic carbocycles. The van der Waals surface area contributed by atoms with Gasteiger partial charge in [0, 0.05) is 135 Å². The Bertz CT molecular complexity index is 2160.